The molecule has 0 saturated carbocycles. The molecule has 3 nitrogen and oxygen atoms in total. The van der Waals surface area contributed by atoms with Crippen molar-refractivity contribution in [1.82, 2.24) is 5.32 Å². The van der Waals surface area contributed by atoms with Crippen LogP contribution in [0.15, 0.2) is 29.7 Å². The van der Waals surface area contributed by atoms with Gasteiger partial charge in [0.1, 0.15) is 0 Å². The maximum absolute atomic E-state index is 7.26. The predicted molar refractivity (Wildman–Crippen MR) is 74.8 cm³/mol. The molecular weight excluding hydrogens is 230 g/mol. The molecular formula is C13H17N3S. The number of nitrogens with one attached hydrogen (secondary N) is 2. The first-order valence-electron chi connectivity index (χ1n) is 5.55. The molecule has 0 aliphatic carbocycles. The molecule has 0 radical (unpaired) electrons. The van der Waals surface area contributed by atoms with E-state index < -0.39 is 0 Å². The van der Waals surface area contributed by atoms with Gasteiger partial charge in [0.15, 0.2) is 5.17 Å². The first-order valence-corrected chi connectivity index (χ1v) is 6.43. The van der Waals surface area contributed by atoms with Crippen LogP contribution < -0.4 is 11.1 Å². The second kappa shape index (κ2) is 4.45. The molecule has 2 rings (SSSR count). The Kier molecular flexibility index (Phi) is 3.15. The lowest BCUT2D eigenvalue weighted by molar-refractivity contribution is 0.437. The molecule has 1 aliphatic rings. The molecule has 1 aromatic carbocycles. The number of hydrogen-bond acceptors (Lipinski definition) is 3. The topological polar surface area (TPSA) is 61.9 Å². The van der Waals surface area contributed by atoms with Crippen LogP contribution in [-0.2, 0) is 6.42 Å². The second-order valence-electron chi connectivity index (χ2n) is 4.86. The summed E-state index contributed by atoms with van der Waals surface area (Å²) in [4.78, 5) is 0. The molecule has 4 heteroatoms. The standard InChI is InChI=1S/C13H17N3S/c1-13(2)7-9-5-3-4-6-10(9)11(16-13)8-17-12(14)15/h3-6,8,16H,7H2,1-2H3,(H3,14,15). The lowest BCUT2D eigenvalue weighted by atomic mass is 9.86. The Balaban J connectivity index is 2.39. The molecule has 0 atom stereocenters. The van der Waals surface area contributed by atoms with Gasteiger partial charge < -0.3 is 11.1 Å². The molecule has 0 amide bonds. The SMILES string of the molecule is CC1(C)Cc2ccccc2C(=CSC(=N)N)N1. The lowest BCUT2D eigenvalue weighted by Gasteiger charge is -2.35. The fourth-order valence-corrected chi connectivity index (χ4v) is 2.54. The van der Waals surface area contributed by atoms with E-state index in [2.05, 4.69) is 37.4 Å². The van der Waals surface area contributed by atoms with Crippen LogP contribution >= 0.6 is 11.8 Å². The number of nitrogens with two attached hydrogens (primary N) is 1. The average Bonchev–Trinajstić information content (AvgIpc) is 2.24. The zero-order valence-electron chi connectivity index (χ0n) is 10.1. The van der Waals surface area contributed by atoms with Gasteiger partial charge in [0, 0.05) is 22.2 Å². The Morgan fingerprint density at radius 3 is 2.88 bits per heavy atom. The number of hydrogen-bond donors (Lipinski definition) is 3. The minimum Gasteiger partial charge on any atom is -0.379 e. The van der Waals surface area contributed by atoms with Gasteiger partial charge in [0.05, 0.1) is 0 Å². The first-order chi connectivity index (χ1) is 7.98. The van der Waals surface area contributed by atoms with Gasteiger partial charge >= 0.3 is 0 Å². The van der Waals surface area contributed by atoms with Crippen molar-refractivity contribution in [1.29, 1.82) is 5.41 Å². The van der Waals surface area contributed by atoms with Gasteiger partial charge in [-0.1, -0.05) is 36.0 Å². The van der Waals surface area contributed by atoms with Crippen molar-refractivity contribution in [3.05, 3.63) is 40.8 Å². The Bertz CT molecular complexity index is 477. The predicted octanol–water partition coefficient (Wildman–Crippen LogP) is 2.54. The van der Waals surface area contributed by atoms with Crippen LogP contribution in [0.25, 0.3) is 5.70 Å². The third-order valence-corrected chi connectivity index (χ3v) is 3.32. The third-order valence-electron chi connectivity index (χ3n) is 2.72. The molecule has 0 spiro atoms. The van der Waals surface area contributed by atoms with E-state index in [0.29, 0.717) is 0 Å². The molecule has 90 valence electrons. The van der Waals surface area contributed by atoms with Gasteiger partial charge in [-0.3, -0.25) is 5.41 Å². The number of thioether (sulfide) groups is 1. The molecule has 1 aromatic rings. The maximum Gasteiger partial charge on any atom is 0.155 e. The summed E-state index contributed by atoms with van der Waals surface area (Å²) in [6.45, 7) is 4.35. The van der Waals surface area contributed by atoms with Crippen molar-refractivity contribution in [2.24, 2.45) is 5.73 Å². The summed E-state index contributed by atoms with van der Waals surface area (Å²) in [5.74, 6) is 0. The van der Waals surface area contributed by atoms with Crippen LogP contribution in [-0.4, -0.2) is 10.7 Å². The Hall–Kier alpha value is -1.42. The lowest BCUT2D eigenvalue weighted by Crippen LogP contribution is -2.43. The highest BCUT2D eigenvalue weighted by Crippen LogP contribution is 2.30. The number of amidine groups is 1. The van der Waals surface area contributed by atoms with E-state index in [-0.39, 0.29) is 10.7 Å². The summed E-state index contributed by atoms with van der Waals surface area (Å²) in [6.07, 6.45) is 1.01. The highest BCUT2D eigenvalue weighted by atomic mass is 32.2. The monoisotopic (exact) mass is 247 g/mol. The average molecular weight is 247 g/mol. The number of benzene rings is 1. The van der Waals surface area contributed by atoms with Crippen LogP contribution in [0.1, 0.15) is 25.0 Å². The normalized spacial score (nSPS) is 19.5. The summed E-state index contributed by atoms with van der Waals surface area (Å²) < 4.78 is 0. The van der Waals surface area contributed by atoms with E-state index in [9.17, 15) is 0 Å². The van der Waals surface area contributed by atoms with Crippen LogP contribution in [0.4, 0.5) is 0 Å². The quantitative estimate of drug-likeness (QED) is 0.528. The highest BCUT2D eigenvalue weighted by molar-refractivity contribution is 8.16. The van der Waals surface area contributed by atoms with E-state index in [1.807, 2.05) is 11.5 Å². The minimum atomic E-state index is 0.0392. The van der Waals surface area contributed by atoms with Gasteiger partial charge in [-0.15, -0.1) is 0 Å². The van der Waals surface area contributed by atoms with Gasteiger partial charge in [0.2, 0.25) is 0 Å². The smallest absolute Gasteiger partial charge is 0.155 e. The van der Waals surface area contributed by atoms with Gasteiger partial charge in [-0.2, -0.15) is 0 Å². The molecule has 0 unspecified atom stereocenters. The summed E-state index contributed by atoms with van der Waals surface area (Å²) in [6, 6.07) is 8.36. The van der Waals surface area contributed by atoms with Crippen molar-refractivity contribution in [2.45, 2.75) is 25.8 Å². The van der Waals surface area contributed by atoms with Gasteiger partial charge in [-0.25, -0.2) is 0 Å². The molecule has 1 heterocycles. The summed E-state index contributed by atoms with van der Waals surface area (Å²) in [5.41, 5.74) is 9.01. The van der Waals surface area contributed by atoms with E-state index in [1.54, 1.807) is 0 Å². The van der Waals surface area contributed by atoms with Crippen LogP contribution in [0, 0.1) is 5.41 Å². The molecule has 0 saturated heterocycles. The first kappa shape index (κ1) is 12.0. The molecule has 0 fully saturated rings. The van der Waals surface area contributed by atoms with Crippen molar-refractivity contribution >= 4 is 22.6 Å². The molecule has 0 aromatic heterocycles. The van der Waals surface area contributed by atoms with E-state index >= 15 is 0 Å². The van der Waals surface area contributed by atoms with Crippen molar-refractivity contribution < 1.29 is 0 Å². The summed E-state index contributed by atoms with van der Waals surface area (Å²) >= 11 is 1.24. The van der Waals surface area contributed by atoms with Crippen molar-refractivity contribution in [3.8, 4) is 0 Å². The van der Waals surface area contributed by atoms with E-state index in [1.165, 1.54) is 22.9 Å². The largest absolute Gasteiger partial charge is 0.379 e. The van der Waals surface area contributed by atoms with Crippen molar-refractivity contribution in [3.63, 3.8) is 0 Å². The van der Waals surface area contributed by atoms with Gasteiger partial charge in [-0.05, 0) is 25.8 Å². The summed E-state index contributed by atoms with van der Waals surface area (Å²) in [5, 5.41) is 12.8. The molecule has 1 aliphatic heterocycles. The van der Waals surface area contributed by atoms with Crippen LogP contribution in [0.2, 0.25) is 0 Å². The second-order valence-corrected chi connectivity index (χ2v) is 5.77. The zero-order chi connectivity index (χ0) is 12.5. The van der Waals surface area contributed by atoms with Gasteiger partial charge in [0.25, 0.3) is 0 Å². The Labute approximate surface area is 106 Å². The number of rotatable bonds is 1. The fraction of sp³-hybridized carbons (Fsp3) is 0.308. The fourth-order valence-electron chi connectivity index (χ4n) is 2.10. The molecule has 17 heavy (non-hydrogen) atoms. The zero-order valence-corrected chi connectivity index (χ0v) is 10.9. The molecule has 4 N–H and O–H groups in total. The van der Waals surface area contributed by atoms with Crippen LogP contribution in [0.3, 0.4) is 0 Å². The maximum atomic E-state index is 7.26. The highest BCUT2D eigenvalue weighted by Gasteiger charge is 2.26. The minimum absolute atomic E-state index is 0.0392. The van der Waals surface area contributed by atoms with Crippen LogP contribution in [0.5, 0.6) is 0 Å². The Morgan fingerprint density at radius 1 is 1.47 bits per heavy atom. The third kappa shape index (κ3) is 2.82. The Morgan fingerprint density at radius 2 is 2.18 bits per heavy atom. The molecule has 0 bridgehead atoms. The van der Waals surface area contributed by atoms with E-state index in [4.69, 9.17) is 11.1 Å². The number of fused-ring (bicyclic) bond motifs is 1. The van der Waals surface area contributed by atoms with E-state index in [0.717, 1.165) is 12.1 Å². The van der Waals surface area contributed by atoms with Crippen molar-refractivity contribution in [2.75, 3.05) is 0 Å². The summed E-state index contributed by atoms with van der Waals surface area (Å²) in [7, 11) is 0.